The van der Waals surface area contributed by atoms with Crippen LogP contribution in [0.4, 0.5) is 0 Å². The number of aliphatic hydroxyl groups excluding tert-OH is 1. The Labute approximate surface area is 76.1 Å². The third-order valence-electron chi connectivity index (χ3n) is 1.99. The summed E-state index contributed by atoms with van der Waals surface area (Å²) in [5.41, 5.74) is 0. The van der Waals surface area contributed by atoms with E-state index in [2.05, 4.69) is 5.32 Å². The molecule has 1 heterocycles. The maximum absolute atomic E-state index is 11.2. The Kier molecular flexibility index (Phi) is 3.25. The molecule has 1 saturated heterocycles. The van der Waals surface area contributed by atoms with E-state index in [-0.39, 0.29) is 6.61 Å². The lowest BCUT2D eigenvalue weighted by Crippen LogP contribution is -2.49. The predicted molar refractivity (Wildman–Crippen MR) is 43.8 cm³/mol. The molecule has 1 aliphatic rings. The summed E-state index contributed by atoms with van der Waals surface area (Å²) in [7, 11) is 0. The summed E-state index contributed by atoms with van der Waals surface area (Å²) in [5, 5.41) is 11.8. The molecular weight excluding hydrogens is 174 g/mol. The molecule has 0 aromatic heterocycles. The van der Waals surface area contributed by atoms with Gasteiger partial charge in [-0.3, -0.25) is 9.59 Å². The first-order chi connectivity index (χ1) is 6.16. The van der Waals surface area contributed by atoms with Crippen LogP contribution in [-0.2, 0) is 14.3 Å². The van der Waals surface area contributed by atoms with Crippen LogP contribution in [0.25, 0.3) is 0 Å². The van der Waals surface area contributed by atoms with Crippen molar-refractivity contribution < 1.29 is 19.4 Å². The van der Waals surface area contributed by atoms with E-state index < -0.39 is 23.9 Å². The van der Waals surface area contributed by atoms with Crippen LogP contribution in [0.5, 0.6) is 0 Å². The quantitative estimate of drug-likeness (QED) is 0.546. The highest BCUT2D eigenvalue weighted by atomic mass is 16.5. The van der Waals surface area contributed by atoms with E-state index >= 15 is 0 Å². The summed E-state index contributed by atoms with van der Waals surface area (Å²) in [6.45, 7) is 2.37. The number of ether oxygens (including phenoxy) is 1. The highest BCUT2D eigenvalue weighted by molar-refractivity contribution is 5.88. The Balaban J connectivity index is 2.57. The van der Waals surface area contributed by atoms with Crippen LogP contribution in [-0.4, -0.2) is 36.2 Å². The van der Waals surface area contributed by atoms with Crippen LogP contribution < -0.4 is 5.32 Å². The molecule has 2 unspecified atom stereocenters. The van der Waals surface area contributed by atoms with Crippen LogP contribution in [0.3, 0.4) is 0 Å². The summed E-state index contributed by atoms with van der Waals surface area (Å²) in [6.07, 6.45) is -0.820. The number of rotatable bonds is 2. The molecule has 0 spiro atoms. The number of carbonyl (C=O) groups excluding carboxylic acids is 2. The predicted octanol–water partition coefficient (Wildman–Crippen LogP) is -0.953. The Morgan fingerprint density at radius 3 is 3.08 bits per heavy atom. The lowest BCUT2D eigenvalue weighted by molar-refractivity contribution is -0.158. The average molecular weight is 187 g/mol. The fourth-order valence-electron chi connectivity index (χ4n) is 1.29. The van der Waals surface area contributed by atoms with Gasteiger partial charge in [-0.25, -0.2) is 0 Å². The minimum absolute atomic E-state index is 0.268. The lowest BCUT2D eigenvalue weighted by atomic mass is 9.95. The third kappa shape index (κ3) is 2.18. The van der Waals surface area contributed by atoms with Crippen LogP contribution in [0, 0.1) is 5.92 Å². The van der Waals surface area contributed by atoms with Gasteiger partial charge >= 0.3 is 5.97 Å². The Morgan fingerprint density at radius 1 is 1.77 bits per heavy atom. The first-order valence-electron chi connectivity index (χ1n) is 4.29. The topological polar surface area (TPSA) is 75.6 Å². The van der Waals surface area contributed by atoms with Crippen molar-refractivity contribution in [3.05, 3.63) is 0 Å². The van der Waals surface area contributed by atoms with Gasteiger partial charge in [-0.15, -0.1) is 0 Å². The molecule has 2 atom stereocenters. The Hall–Kier alpha value is -1.10. The van der Waals surface area contributed by atoms with Gasteiger partial charge in [0.1, 0.15) is 6.10 Å². The number of nitrogens with one attached hydrogen (secondary N) is 1. The summed E-state index contributed by atoms with van der Waals surface area (Å²) in [5.74, 6) is -1.69. The zero-order chi connectivity index (χ0) is 9.84. The smallest absolute Gasteiger partial charge is 0.312 e. The monoisotopic (exact) mass is 187 g/mol. The highest BCUT2D eigenvalue weighted by Crippen LogP contribution is 2.14. The molecule has 0 saturated carbocycles. The van der Waals surface area contributed by atoms with Crippen LogP contribution >= 0.6 is 0 Å². The van der Waals surface area contributed by atoms with Crippen molar-refractivity contribution in [3.63, 3.8) is 0 Å². The fourth-order valence-corrected chi connectivity index (χ4v) is 1.29. The van der Waals surface area contributed by atoms with E-state index in [4.69, 9.17) is 4.74 Å². The van der Waals surface area contributed by atoms with Crippen LogP contribution in [0.1, 0.15) is 13.3 Å². The Morgan fingerprint density at radius 2 is 2.46 bits per heavy atom. The van der Waals surface area contributed by atoms with Crippen molar-refractivity contribution in [1.29, 1.82) is 0 Å². The number of hydrogen-bond acceptors (Lipinski definition) is 4. The maximum atomic E-state index is 11.2. The van der Waals surface area contributed by atoms with Crippen LogP contribution in [0.15, 0.2) is 0 Å². The number of esters is 1. The normalized spacial score (nSPS) is 28.0. The van der Waals surface area contributed by atoms with Crippen molar-refractivity contribution in [3.8, 4) is 0 Å². The largest absolute Gasteiger partial charge is 0.466 e. The molecule has 5 nitrogen and oxygen atoms in total. The summed E-state index contributed by atoms with van der Waals surface area (Å²) >= 11 is 0. The minimum atomic E-state index is -1.26. The molecule has 0 radical (unpaired) electrons. The summed E-state index contributed by atoms with van der Waals surface area (Å²) < 4.78 is 4.72. The van der Waals surface area contributed by atoms with Crippen molar-refractivity contribution in [1.82, 2.24) is 5.32 Å². The van der Waals surface area contributed by atoms with E-state index in [0.717, 1.165) is 0 Å². The van der Waals surface area contributed by atoms with Crippen molar-refractivity contribution in [2.45, 2.75) is 19.4 Å². The number of aliphatic hydroxyl groups is 1. The first kappa shape index (κ1) is 9.98. The lowest BCUT2D eigenvalue weighted by Gasteiger charge is -2.25. The number of amides is 1. The van der Waals surface area contributed by atoms with Gasteiger partial charge in [0.2, 0.25) is 5.91 Å². The molecule has 1 fully saturated rings. The molecule has 1 rings (SSSR count). The molecule has 1 aliphatic heterocycles. The zero-order valence-corrected chi connectivity index (χ0v) is 7.45. The van der Waals surface area contributed by atoms with Crippen molar-refractivity contribution in [2.24, 2.45) is 5.92 Å². The first-order valence-corrected chi connectivity index (χ1v) is 4.29. The zero-order valence-electron chi connectivity index (χ0n) is 7.45. The van der Waals surface area contributed by atoms with E-state index in [0.29, 0.717) is 13.0 Å². The maximum Gasteiger partial charge on any atom is 0.312 e. The second-order valence-electron chi connectivity index (χ2n) is 2.88. The van der Waals surface area contributed by atoms with Gasteiger partial charge in [-0.05, 0) is 13.3 Å². The minimum Gasteiger partial charge on any atom is -0.466 e. The number of carbonyl (C=O) groups is 2. The van der Waals surface area contributed by atoms with Gasteiger partial charge in [0.05, 0.1) is 12.5 Å². The average Bonchev–Trinajstić information content (AvgIpc) is 2.10. The van der Waals surface area contributed by atoms with Crippen molar-refractivity contribution in [2.75, 3.05) is 13.2 Å². The van der Waals surface area contributed by atoms with Crippen molar-refractivity contribution >= 4 is 11.9 Å². The molecule has 74 valence electrons. The van der Waals surface area contributed by atoms with E-state index in [1.165, 1.54) is 0 Å². The number of piperidine rings is 1. The second kappa shape index (κ2) is 4.23. The fraction of sp³-hybridized carbons (Fsp3) is 0.750. The van der Waals surface area contributed by atoms with Gasteiger partial charge < -0.3 is 15.2 Å². The molecule has 0 aliphatic carbocycles. The van der Waals surface area contributed by atoms with E-state index in [9.17, 15) is 14.7 Å². The van der Waals surface area contributed by atoms with Gasteiger partial charge in [-0.1, -0.05) is 0 Å². The third-order valence-corrected chi connectivity index (χ3v) is 1.99. The molecule has 0 aromatic rings. The number of hydrogen-bond donors (Lipinski definition) is 2. The molecular formula is C8H13NO4. The molecule has 0 aromatic carbocycles. The van der Waals surface area contributed by atoms with Gasteiger partial charge in [0.25, 0.3) is 0 Å². The Bertz CT molecular complexity index is 216. The molecule has 0 bridgehead atoms. The highest BCUT2D eigenvalue weighted by Gasteiger charge is 2.36. The van der Waals surface area contributed by atoms with E-state index in [1.807, 2.05) is 0 Å². The molecule has 5 heteroatoms. The van der Waals surface area contributed by atoms with E-state index in [1.54, 1.807) is 6.92 Å². The van der Waals surface area contributed by atoms with Gasteiger partial charge in [0, 0.05) is 6.54 Å². The van der Waals surface area contributed by atoms with Gasteiger partial charge in [0.15, 0.2) is 0 Å². The SMILES string of the molecule is CCOC(=O)C1CCNC(=O)C1O. The summed E-state index contributed by atoms with van der Waals surface area (Å²) in [6, 6.07) is 0. The van der Waals surface area contributed by atoms with Crippen LogP contribution in [0.2, 0.25) is 0 Å². The van der Waals surface area contributed by atoms with Gasteiger partial charge in [-0.2, -0.15) is 0 Å². The standard InChI is InChI=1S/C8H13NO4/c1-2-13-8(12)5-3-4-9-7(11)6(5)10/h5-6,10H,2-4H2,1H3,(H,9,11). The summed E-state index contributed by atoms with van der Waals surface area (Å²) in [4.78, 5) is 22.1. The second-order valence-corrected chi connectivity index (χ2v) is 2.88. The molecule has 13 heavy (non-hydrogen) atoms. The molecule has 1 amide bonds. The molecule has 2 N–H and O–H groups in total.